The highest BCUT2D eigenvalue weighted by atomic mass is 79.9. The van der Waals surface area contributed by atoms with Crippen molar-refractivity contribution in [2.24, 2.45) is 11.7 Å². The minimum absolute atomic E-state index is 0.186. The third-order valence-electron chi connectivity index (χ3n) is 3.90. The summed E-state index contributed by atoms with van der Waals surface area (Å²) in [6.45, 7) is 6.83. The Bertz CT molecular complexity index is 378. The minimum atomic E-state index is 0.186. The van der Waals surface area contributed by atoms with Crippen LogP contribution in [0.1, 0.15) is 44.0 Å². The van der Waals surface area contributed by atoms with Gasteiger partial charge in [-0.1, -0.05) is 13.3 Å². The van der Waals surface area contributed by atoms with E-state index in [0.29, 0.717) is 6.04 Å². The van der Waals surface area contributed by atoms with Crippen molar-refractivity contribution in [3.8, 4) is 0 Å². The summed E-state index contributed by atoms with van der Waals surface area (Å²) >= 11 is 5.38. The number of rotatable bonds is 4. The molecule has 2 rings (SSSR count). The molecule has 102 valence electrons. The quantitative estimate of drug-likeness (QED) is 0.903. The van der Waals surface area contributed by atoms with Gasteiger partial charge in [0.2, 0.25) is 0 Å². The van der Waals surface area contributed by atoms with Crippen LogP contribution >= 0.6 is 27.3 Å². The topological polar surface area (TPSA) is 29.3 Å². The largest absolute Gasteiger partial charge is 0.326 e. The summed E-state index contributed by atoms with van der Waals surface area (Å²) < 4.78 is 1.20. The van der Waals surface area contributed by atoms with Gasteiger partial charge >= 0.3 is 0 Å². The van der Waals surface area contributed by atoms with Crippen molar-refractivity contribution < 1.29 is 0 Å². The number of hydrogen-bond donors (Lipinski definition) is 1. The monoisotopic (exact) mass is 330 g/mol. The first-order valence-electron chi connectivity index (χ1n) is 6.86. The van der Waals surface area contributed by atoms with Crippen LogP contribution in [0.25, 0.3) is 0 Å². The maximum Gasteiger partial charge on any atom is 0.0702 e. The molecule has 2 heterocycles. The van der Waals surface area contributed by atoms with E-state index in [-0.39, 0.29) is 6.04 Å². The molecule has 0 saturated carbocycles. The van der Waals surface area contributed by atoms with Gasteiger partial charge in [0.05, 0.1) is 9.83 Å². The van der Waals surface area contributed by atoms with Crippen molar-refractivity contribution in [3.63, 3.8) is 0 Å². The summed E-state index contributed by atoms with van der Waals surface area (Å²) in [4.78, 5) is 3.99. The van der Waals surface area contributed by atoms with Gasteiger partial charge in [0.1, 0.15) is 0 Å². The van der Waals surface area contributed by atoms with E-state index in [1.807, 2.05) is 11.3 Å². The third kappa shape index (κ3) is 3.35. The van der Waals surface area contributed by atoms with E-state index in [4.69, 9.17) is 5.73 Å². The van der Waals surface area contributed by atoms with Gasteiger partial charge in [-0.15, -0.1) is 11.3 Å². The van der Waals surface area contributed by atoms with Gasteiger partial charge in [-0.3, -0.25) is 4.90 Å². The molecule has 1 saturated heterocycles. The van der Waals surface area contributed by atoms with Crippen LogP contribution in [0, 0.1) is 5.92 Å². The molecule has 3 atom stereocenters. The average Bonchev–Trinajstić information content (AvgIpc) is 2.75. The van der Waals surface area contributed by atoms with E-state index in [1.165, 1.54) is 41.0 Å². The maximum absolute atomic E-state index is 6.25. The van der Waals surface area contributed by atoms with Crippen LogP contribution in [0.2, 0.25) is 0 Å². The Morgan fingerprint density at radius 3 is 2.89 bits per heavy atom. The Hall–Kier alpha value is 0.1000. The molecule has 4 heteroatoms. The minimum Gasteiger partial charge on any atom is -0.326 e. The fourth-order valence-electron chi connectivity index (χ4n) is 2.94. The molecule has 1 aliphatic rings. The van der Waals surface area contributed by atoms with Crippen molar-refractivity contribution in [1.29, 1.82) is 0 Å². The molecule has 1 aromatic heterocycles. The van der Waals surface area contributed by atoms with Crippen LogP contribution in [0.4, 0.5) is 0 Å². The molecule has 1 aromatic rings. The number of nitrogens with two attached hydrogens (primary N) is 1. The zero-order valence-corrected chi connectivity index (χ0v) is 13.6. The van der Waals surface area contributed by atoms with E-state index >= 15 is 0 Å². The molecule has 0 amide bonds. The van der Waals surface area contributed by atoms with Crippen molar-refractivity contribution in [2.75, 3.05) is 13.1 Å². The molecule has 3 unspecified atom stereocenters. The molecule has 0 bridgehead atoms. The van der Waals surface area contributed by atoms with Crippen LogP contribution in [0.3, 0.4) is 0 Å². The van der Waals surface area contributed by atoms with Gasteiger partial charge in [-0.2, -0.15) is 0 Å². The van der Waals surface area contributed by atoms with E-state index in [0.717, 1.165) is 5.92 Å². The van der Waals surface area contributed by atoms with Gasteiger partial charge in [0, 0.05) is 17.5 Å². The molecular weight excluding hydrogens is 308 g/mol. The van der Waals surface area contributed by atoms with Crippen LogP contribution in [-0.4, -0.2) is 24.0 Å². The Balaban J connectivity index is 2.14. The van der Waals surface area contributed by atoms with Crippen LogP contribution < -0.4 is 5.73 Å². The predicted octanol–water partition coefficient (Wildman–Crippen LogP) is 4.02. The van der Waals surface area contributed by atoms with E-state index in [1.54, 1.807) is 0 Å². The molecule has 1 aliphatic heterocycles. The van der Waals surface area contributed by atoms with Gasteiger partial charge < -0.3 is 5.73 Å². The van der Waals surface area contributed by atoms with Crippen molar-refractivity contribution in [2.45, 2.75) is 45.2 Å². The molecule has 2 nitrogen and oxygen atoms in total. The van der Waals surface area contributed by atoms with Crippen molar-refractivity contribution in [3.05, 3.63) is 20.8 Å². The highest BCUT2D eigenvalue weighted by Gasteiger charge is 2.29. The molecule has 0 aromatic carbocycles. The van der Waals surface area contributed by atoms with Crippen LogP contribution in [0.15, 0.2) is 15.9 Å². The molecule has 0 radical (unpaired) electrons. The average molecular weight is 331 g/mol. The standard InChI is InChI=1S/C14H23BrN2S/c1-3-11-5-4-8-17(9-11)14(10(2)16)12-6-7-13(15)18-12/h6-7,10-11,14H,3-5,8-9,16H2,1-2H3. The van der Waals surface area contributed by atoms with Crippen LogP contribution in [0.5, 0.6) is 0 Å². The number of nitrogens with zero attached hydrogens (tertiary/aromatic N) is 1. The maximum atomic E-state index is 6.25. The number of halogens is 1. The number of piperidine rings is 1. The first kappa shape index (κ1) is 14.5. The molecule has 0 aliphatic carbocycles. The number of hydrogen-bond acceptors (Lipinski definition) is 3. The Morgan fingerprint density at radius 2 is 2.33 bits per heavy atom. The zero-order valence-electron chi connectivity index (χ0n) is 11.2. The third-order valence-corrected chi connectivity index (χ3v) is 5.60. The van der Waals surface area contributed by atoms with Crippen LogP contribution in [-0.2, 0) is 0 Å². The van der Waals surface area contributed by atoms with E-state index < -0.39 is 0 Å². The lowest BCUT2D eigenvalue weighted by Crippen LogP contribution is -2.44. The van der Waals surface area contributed by atoms with E-state index in [2.05, 4.69) is 46.8 Å². The van der Waals surface area contributed by atoms with Gasteiger partial charge in [0.15, 0.2) is 0 Å². The SMILES string of the molecule is CCC1CCCN(C(c2ccc(Br)s2)C(C)N)C1. The fourth-order valence-corrected chi connectivity index (χ4v) is 4.62. The lowest BCUT2D eigenvalue weighted by Gasteiger charge is -2.39. The fraction of sp³-hybridized carbons (Fsp3) is 0.714. The highest BCUT2D eigenvalue weighted by Crippen LogP contribution is 2.35. The summed E-state index contributed by atoms with van der Waals surface area (Å²) in [5.74, 6) is 0.850. The van der Waals surface area contributed by atoms with Gasteiger partial charge in [-0.05, 0) is 60.3 Å². The second-order valence-electron chi connectivity index (χ2n) is 5.36. The second kappa shape index (κ2) is 6.51. The summed E-state index contributed by atoms with van der Waals surface area (Å²) in [6, 6.07) is 4.93. The summed E-state index contributed by atoms with van der Waals surface area (Å²) in [6.07, 6.45) is 3.98. The number of thiophene rings is 1. The summed E-state index contributed by atoms with van der Waals surface area (Å²) in [5.41, 5.74) is 6.25. The molecule has 0 spiro atoms. The molecule has 2 N–H and O–H groups in total. The molecule has 1 fully saturated rings. The molecule has 18 heavy (non-hydrogen) atoms. The summed E-state index contributed by atoms with van der Waals surface area (Å²) in [5, 5.41) is 0. The first-order chi connectivity index (χ1) is 8.61. The first-order valence-corrected chi connectivity index (χ1v) is 8.47. The molecular formula is C14H23BrN2S. The summed E-state index contributed by atoms with van der Waals surface area (Å²) in [7, 11) is 0. The zero-order chi connectivity index (χ0) is 13.1. The second-order valence-corrected chi connectivity index (χ2v) is 7.85. The van der Waals surface area contributed by atoms with Crippen molar-refractivity contribution in [1.82, 2.24) is 4.90 Å². The highest BCUT2D eigenvalue weighted by molar-refractivity contribution is 9.11. The normalized spacial score (nSPS) is 25.0. The Morgan fingerprint density at radius 1 is 1.56 bits per heavy atom. The van der Waals surface area contributed by atoms with Crippen molar-refractivity contribution >= 4 is 27.3 Å². The van der Waals surface area contributed by atoms with Gasteiger partial charge in [-0.25, -0.2) is 0 Å². The Labute approximate surface area is 123 Å². The smallest absolute Gasteiger partial charge is 0.0702 e. The number of likely N-dealkylation sites (tertiary alicyclic amines) is 1. The predicted molar refractivity (Wildman–Crippen MR) is 83.0 cm³/mol. The van der Waals surface area contributed by atoms with Gasteiger partial charge in [0.25, 0.3) is 0 Å². The lowest BCUT2D eigenvalue weighted by molar-refractivity contribution is 0.110. The van der Waals surface area contributed by atoms with E-state index in [9.17, 15) is 0 Å². The lowest BCUT2D eigenvalue weighted by atomic mass is 9.93. The Kier molecular flexibility index (Phi) is 5.24.